The van der Waals surface area contributed by atoms with Crippen molar-refractivity contribution in [3.05, 3.63) is 63.3 Å². The van der Waals surface area contributed by atoms with Crippen LogP contribution in [0, 0.1) is 0 Å². The van der Waals surface area contributed by atoms with E-state index in [2.05, 4.69) is 28.1 Å². The zero-order chi connectivity index (χ0) is 16.0. The van der Waals surface area contributed by atoms with Crippen molar-refractivity contribution in [1.82, 2.24) is 0 Å². The molecule has 0 saturated heterocycles. The maximum Gasteiger partial charge on any atom is 0.230 e. The van der Waals surface area contributed by atoms with Crippen LogP contribution in [0.5, 0.6) is 0 Å². The first-order valence-electron chi connectivity index (χ1n) is 7.77. The van der Waals surface area contributed by atoms with Crippen molar-refractivity contribution in [3.8, 4) is 0 Å². The number of nitrogens with two attached hydrogens (primary N) is 1. The summed E-state index contributed by atoms with van der Waals surface area (Å²) in [5.74, 6) is 0.0541. The zero-order valence-corrected chi connectivity index (χ0v) is 14.2. The average Bonchev–Trinajstić information content (AvgIpc) is 2.88. The van der Waals surface area contributed by atoms with Crippen molar-refractivity contribution >= 4 is 38.4 Å². The first-order chi connectivity index (χ1) is 11.1. The molecule has 1 aromatic heterocycles. The molecular weight excluding hydrogens is 354 g/mol. The third kappa shape index (κ3) is 2.47. The van der Waals surface area contributed by atoms with E-state index >= 15 is 0 Å². The fourth-order valence-electron chi connectivity index (χ4n) is 3.27. The molecule has 3 aromatic rings. The standard InChI is InChI=1S/C19H16BrNO2/c20-14-7-3-6-13(8-14)18(22)19-17(21)15-9-11-4-1-2-5-12(11)10-16(15)23-19/h3,6-10H,1-2,4-5,21H2. The molecule has 116 valence electrons. The van der Waals surface area contributed by atoms with Gasteiger partial charge in [0.05, 0.1) is 5.69 Å². The first kappa shape index (κ1) is 14.5. The van der Waals surface area contributed by atoms with E-state index in [1.807, 2.05) is 12.1 Å². The summed E-state index contributed by atoms with van der Waals surface area (Å²) >= 11 is 3.39. The molecule has 0 saturated carbocycles. The van der Waals surface area contributed by atoms with Crippen LogP contribution in [0.15, 0.2) is 45.3 Å². The number of hydrogen-bond donors (Lipinski definition) is 1. The van der Waals surface area contributed by atoms with E-state index in [-0.39, 0.29) is 11.5 Å². The number of nitrogen functional groups attached to an aromatic ring is 1. The van der Waals surface area contributed by atoms with Crippen LogP contribution in [0.25, 0.3) is 11.0 Å². The van der Waals surface area contributed by atoms with Gasteiger partial charge in [0.1, 0.15) is 5.58 Å². The number of ketones is 1. The smallest absolute Gasteiger partial charge is 0.230 e. The predicted octanol–water partition coefficient (Wildman–Crippen LogP) is 4.89. The van der Waals surface area contributed by atoms with E-state index in [0.29, 0.717) is 16.8 Å². The van der Waals surface area contributed by atoms with Gasteiger partial charge in [-0.3, -0.25) is 4.79 Å². The topological polar surface area (TPSA) is 56.2 Å². The molecule has 3 nitrogen and oxygen atoms in total. The van der Waals surface area contributed by atoms with Gasteiger partial charge in [0.15, 0.2) is 5.76 Å². The van der Waals surface area contributed by atoms with E-state index < -0.39 is 0 Å². The number of anilines is 1. The summed E-state index contributed by atoms with van der Waals surface area (Å²) in [6.45, 7) is 0. The maximum atomic E-state index is 12.7. The van der Waals surface area contributed by atoms with Gasteiger partial charge in [-0.1, -0.05) is 28.1 Å². The Bertz CT molecular complexity index is 927. The number of carbonyl (C=O) groups is 1. The van der Waals surface area contributed by atoms with Gasteiger partial charge >= 0.3 is 0 Å². The minimum atomic E-state index is -0.182. The molecule has 4 heteroatoms. The van der Waals surface area contributed by atoms with Crippen molar-refractivity contribution in [1.29, 1.82) is 0 Å². The molecule has 0 amide bonds. The van der Waals surface area contributed by atoms with Crippen LogP contribution in [-0.2, 0) is 12.8 Å². The largest absolute Gasteiger partial charge is 0.450 e. The van der Waals surface area contributed by atoms with Gasteiger partial charge in [-0.15, -0.1) is 0 Å². The molecule has 2 aromatic carbocycles. The highest BCUT2D eigenvalue weighted by Gasteiger charge is 2.22. The van der Waals surface area contributed by atoms with Crippen LogP contribution >= 0.6 is 15.9 Å². The Kier molecular flexibility index (Phi) is 3.49. The minimum Gasteiger partial charge on any atom is -0.450 e. The van der Waals surface area contributed by atoms with Gasteiger partial charge < -0.3 is 10.2 Å². The van der Waals surface area contributed by atoms with Crippen molar-refractivity contribution in [2.24, 2.45) is 0 Å². The molecule has 1 heterocycles. The van der Waals surface area contributed by atoms with Crippen LogP contribution in [0.2, 0.25) is 0 Å². The molecule has 2 N–H and O–H groups in total. The zero-order valence-electron chi connectivity index (χ0n) is 12.6. The maximum absolute atomic E-state index is 12.7. The number of hydrogen-bond acceptors (Lipinski definition) is 3. The number of benzene rings is 2. The number of fused-ring (bicyclic) bond motifs is 2. The van der Waals surface area contributed by atoms with Gasteiger partial charge in [-0.05, 0) is 61.1 Å². The summed E-state index contributed by atoms with van der Waals surface area (Å²) in [6.07, 6.45) is 4.56. The van der Waals surface area contributed by atoms with Crippen LogP contribution in [0.1, 0.15) is 40.1 Å². The molecule has 0 fully saturated rings. The van der Waals surface area contributed by atoms with Crippen LogP contribution in [0.3, 0.4) is 0 Å². The van der Waals surface area contributed by atoms with Gasteiger partial charge in [-0.25, -0.2) is 0 Å². The molecule has 0 aliphatic heterocycles. The minimum absolute atomic E-state index is 0.182. The summed E-state index contributed by atoms with van der Waals surface area (Å²) in [4.78, 5) is 12.7. The molecule has 0 radical (unpaired) electrons. The Morgan fingerprint density at radius 3 is 2.57 bits per heavy atom. The second-order valence-corrected chi connectivity index (χ2v) is 6.92. The molecule has 0 unspecified atom stereocenters. The number of halogens is 1. The molecule has 0 bridgehead atoms. The van der Waals surface area contributed by atoms with Crippen LogP contribution < -0.4 is 5.73 Å². The Morgan fingerprint density at radius 1 is 1.09 bits per heavy atom. The highest BCUT2D eigenvalue weighted by Crippen LogP contribution is 2.34. The molecular formula is C19H16BrNO2. The molecule has 0 atom stereocenters. The average molecular weight is 370 g/mol. The van der Waals surface area contributed by atoms with Gasteiger partial charge in [0.2, 0.25) is 5.78 Å². The van der Waals surface area contributed by atoms with Crippen LogP contribution in [-0.4, -0.2) is 5.78 Å². The van der Waals surface area contributed by atoms with Crippen molar-refractivity contribution in [3.63, 3.8) is 0 Å². The summed E-state index contributed by atoms with van der Waals surface area (Å²) < 4.78 is 6.69. The second-order valence-electron chi connectivity index (χ2n) is 6.01. The second kappa shape index (κ2) is 5.53. The molecule has 0 spiro atoms. The Hall–Kier alpha value is -2.07. The number of aryl methyl sites for hydroxylation is 2. The van der Waals surface area contributed by atoms with E-state index in [9.17, 15) is 4.79 Å². The highest BCUT2D eigenvalue weighted by atomic mass is 79.9. The van der Waals surface area contributed by atoms with E-state index in [4.69, 9.17) is 10.2 Å². The summed E-state index contributed by atoms with van der Waals surface area (Å²) in [5, 5.41) is 0.851. The monoisotopic (exact) mass is 369 g/mol. The lowest BCUT2D eigenvalue weighted by molar-refractivity contribution is 0.101. The molecule has 1 aliphatic rings. The highest BCUT2D eigenvalue weighted by molar-refractivity contribution is 9.10. The number of furan rings is 1. The Balaban J connectivity index is 1.84. The quantitative estimate of drug-likeness (QED) is 0.654. The van der Waals surface area contributed by atoms with Crippen molar-refractivity contribution in [2.75, 3.05) is 5.73 Å². The van der Waals surface area contributed by atoms with Crippen LogP contribution in [0.4, 0.5) is 5.69 Å². The third-order valence-corrected chi connectivity index (χ3v) is 4.98. The lowest BCUT2D eigenvalue weighted by Gasteiger charge is -2.14. The predicted molar refractivity (Wildman–Crippen MR) is 94.8 cm³/mol. The fourth-order valence-corrected chi connectivity index (χ4v) is 3.67. The van der Waals surface area contributed by atoms with Crippen molar-refractivity contribution < 1.29 is 9.21 Å². The lowest BCUT2D eigenvalue weighted by Crippen LogP contribution is -2.03. The third-order valence-electron chi connectivity index (χ3n) is 4.48. The van der Waals surface area contributed by atoms with Crippen molar-refractivity contribution in [2.45, 2.75) is 25.7 Å². The SMILES string of the molecule is Nc1c(C(=O)c2cccc(Br)c2)oc2cc3c(cc12)CCCC3. The van der Waals surface area contributed by atoms with Gasteiger partial charge in [0.25, 0.3) is 0 Å². The van der Waals surface area contributed by atoms with Gasteiger partial charge in [0, 0.05) is 15.4 Å². The number of carbonyl (C=O) groups excluding carboxylic acids is 1. The summed E-state index contributed by atoms with van der Waals surface area (Å²) in [5.41, 5.74) is 10.6. The first-order valence-corrected chi connectivity index (χ1v) is 8.57. The molecule has 23 heavy (non-hydrogen) atoms. The summed E-state index contributed by atoms with van der Waals surface area (Å²) in [6, 6.07) is 11.4. The molecule has 4 rings (SSSR count). The van der Waals surface area contributed by atoms with E-state index in [0.717, 1.165) is 22.7 Å². The lowest BCUT2D eigenvalue weighted by atomic mass is 9.90. The van der Waals surface area contributed by atoms with E-state index in [1.54, 1.807) is 12.1 Å². The molecule has 1 aliphatic carbocycles. The summed E-state index contributed by atoms with van der Waals surface area (Å²) in [7, 11) is 0. The Morgan fingerprint density at radius 2 is 1.83 bits per heavy atom. The van der Waals surface area contributed by atoms with Gasteiger partial charge in [-0.2, -0.15) is 0 Å². The Labute approximate surface area is 142 Å². The number of rotatable bonds is 2. The fraction of sp³-hybridized carbons (Fsp3) is 0.211. The van der Waals surface area contributed by atoms with E-state index in [1.165, 1.54) is 24.0 Å². The normalized spacial score (nSPS) is 14.0.